The van der Waals surface area contributed by atoms with Crippen molar-refractivity contribution in [3.8, 4) is 6.07 Å². The molecule has 0 radical (unpaired) electrons. The summed E-state index contributed by atoms with van der Waals surface area (Å²) in [5.74, 6) is 0. The molecule has 4 nitrogen and oxygen atoms in total. The van der Waals surface area contributed by atoms with E-state index in [-0.39, 0.29) is 0 Å². The predicted molar refractivity (Wildman–Crippen MR) is 76.7 cm³/mol. The highest BCUT2D eigenvalue weighted by atomic mass is 15.2. The van der Waals surface area contributed by atoms with E-state index in [0.29, 0.717) is 0 Å². The van der Waals surface area contributed by atoms with E-state index < -0.39 is 0 Å². The number of hydrogen-bond acceptors (Lipinski definition) is 4. The first-order valence-corrected chi connectivity index (χ1v) is 6.78. The first-order valence-electron chi connectivity index (χ1n) is 6.78. The Hall–Kier alpha value is -1.41. The summed E-state index contributed by atoms with van der Waals surface area (Å²) in [4.78, 5) is 4.57. The third-order valence-electron chi connectivity index (χ3n) is 3.30. The van der Waals surface area contributed by atoms with Gasteiger partial charge in [-0.1, -0.05) is 6.07 Å². The maximum atomic E-state index is 9.14. The third kappa shape index (κ3) is 4.32. The summed E-state index contributed by atoms with van der Waals surface area (Å²) in [6, 6.07) is 8.50. The molecule has 1 aliphatic rings. The van der Waals surface area contributed by atoms with Crippen LogP contribution in [-0.2, 0) is 13.1 Å². The summed E-state index contributed by atoms with van der Waals surface area (Å²) >= 11 is 0. The predicted octanol–water partition coefficient (Wildman–Crippen LogP) is 1.03. The van der Waals surface area contributed by atoms with Crippen molar-refractivity contribution in [2.45, 2.75) is 13.1 Å². The summed E-state index contributed by atoms with van der Waals surface area (Å²) in [6.07, 6.45) is 0. The molecular formula is C15H22N4. The van der Waals surface area contributed by atoms with Gasteiger partial charge in [0, 0.05) is 39.3 Å². The molecule has 0 aliphatic carbocycles. The molecule has 1 fully saturated rings. The highest BCUT2D eigenvalue weighted by Crippen LogP contribution is 2.14. The van der Waals surface area contributed by atoms with E-state index in [2.05, 4.69) is 41.3 Å². The number of benzene rings is 1. The topological polar surface area (TPSA) is 42.3 Å². The molecule has 19 heavy (non-hydrogen) atoms. The fraction of sp³-hybridized carbons (Fsp3) is 0.533. The molecule has 0 atom stereocenters. The summed E-state index contributed by atoms with van der Waals surface area (Å²) in [6.45, 7) is 6.10. The van der Waals surface area contributed by atoms with Crippen LogP contribution in [0.5, 0.6) is 0 Å². The van der Waals surface area contributed by atoms with Gasteiger partial charge in [-0.15, -0.1) is 0 Å². The molecule has 2 rings (SSSR count). The zero-order valence-electron chi connectivity index (χ0n) is 11.8. The zero-order valence-corrected chi connectivity index (χ0v) is 11.8. The van der Waals surface area contributed by atoms with E-state index in [9.17, 15) is 0 Å². The van der Waals surface area contributed by atoms with Gasteiger partial charge in [0.15, 0.2) is 0 Å². The second-order valence-corrected chi connectivity index (χ2v) is 5.41. The Bertz CT molecular complexity index is 456. The average Bonchev–Trinajstić information content (AvgIpc) is 2.38. The van der Waals surface area contributed by atoms with Gasteiger partial charge in [-0.05, 0) is 37.4 Å². The molecule has 0 spiro atoms. The Kier molecular flexibility index (Phi) is 4.92. The smallest absolute Gasteiger partial charge is 0.0991 e. The second-order valence-electron chi connectivity index (χ2n) is 5.41. The standard InChI is InChI=1S/C15H22N4/c1-18(2)11-14-7-13(10-16)8-15(9-14)12-19-5-3-17-4-6-19/h7-9,17H,3-6,11-12H2,1-2H3. The fourth-order valence-corrected chi connectivity index (χ4v) is 2.50. The Morgan fingerprint density at radius 2 is 1.89 bits per heavy atom. The monoisotopic (exact) mass is 258 g/mol. The van der Waals surface area contributed by atoms with Gasteiger partial charge in [-0.3, -0.25) is 4.90 Å². The van der Waals surface area contributed by atoms with Gasteiger partial charge in [0.25, 0.3) is 0 Å². The molecule has 0 saturated carbocycles. The number of rotatable bonds is 4. The number of nitrogens with one attached hydrogen (secondary N) is 1. The highest BCUT2D eigenvalue weighted by Gasteiger charge is 2.11. The van der Waals surface area contributed by atoms with E-state index >= 15 is 0 Å². The van der Waals surface area contributed by atoms with Crippen molar-refractivity contribution in [1.82, 2.24) is 15.1 Å². The van der Waals surface area contributed by atoms with Crippen molar-refractivity contribution in [2.24, 2.45) is 0 Å². The van der Waals surface area contributed by atoms with E-state index in [0.717, 1.165) is 44.8 Å². The van der Waals surface area contributed by atoms with Crippen molar-refractivity contribution in [2.75, 3.05) is 40.3 Å². The van der Waals surface area contributed by atoms with Crippen LogP contribution in [0.15, 0.2) is 18.2 Å². The first-order chi connectivity index (χ1) is 9.17. The van der Waals surface area contributed by atoms with Crippen LogP contribution in [-0.4, -0.2) is 50.1 Å². The molecule has 1 aromatic rings. The molecule has 1 aliphatic heterocycles. The van der Waals surface area contributed by atoms with Crippen LogP contribution in [0, 0.1) is 11.3 Å². The molecule has 0 aromatic heterocycles. The molecule has 0 bridgehead atoms. The lowest BCUT2D eigenvalue weighted by Crippen LogP contribution is -2.42. The summed E-state index contributed by atoms with van der Waals surface area (Å²) in [7, 11) is 4.10. The molecule has 0 unspecified atom stereocenters. The van der Waals surface area contributed by atoms with E-state index in [4.69, 9.17) is 5.26 Å². The van der Waals surface area contributed by atoms with Crippen LogP contribution in [0.2, 0.25) is 0 Å². The molecule has 1 N–H and O–H groups in total. The number of piperazine rings is 1. The summed E-state index contributed by atoms with van der Waals surface area (Å²) in [5.41, 5.74) is 3.23. The van der Waals surface area contributed by atoms with Crippen LogP contribution < -0.4 is 5.32 Å². The van der Waals surface area contributed by atoms with E-state index in [1.807, 2.05) is 12.1 Å². The van der Waals surface area contributed by atoms with Crippen LogP contribution in [0.1, 0.15) is 16.7 Å². The van der Waals surface area contributed by atoms with Gasteiger partial charge < -0.3 is 10.2 Å². The summed E-state index contributed by atoms with van der Waals surface area (Å²) < 4.78 is 0. The van der Waals surface area contributed by atoms with Crippen LogP contribution >= 0.6 is 0 Å². The molecule has 0 amide bonds. The summed E-state index contributed by atoms with van der Waals surface area (Å²) in [5, 5.41) is 12.5. The minimum atomic E-state index is 0.768. The minimum Gasteiger partial charge on any atom is -0.314 e. The van der Waals surface area contributed by atoms with Gasteiger partial charge >= 0.3 is 0 Å². The highest BCUT2D eigenvalue weighted by molar-refractivity contribution is 5.37. The zero-order chi connectivity index (χ0) is 13.7. The first kappa shape index (κ1) is 14.0. The molecule has 1 saturated heterocycles. The van der Waals surface area contributed by atoms with Gasteiger partial charge in [0.05, 0.1) is 11.6 Å². The quantitative estimate of drug-likeness (QED) is 0.876. The number of nitrogens with zero attached hydrogens (tertiary/aromatic N) is 3. The molecule has 102 valence electrons. The maximum Gasteiger partial charge on any atom is 0.0991 e. The maximum absolute atomic E-state index is 9.14. The van der Waals surface area contributed by atoms with Gasteiger partial charge in [0.2, 0.25) is 0 Å². The molecule has 4 heteroatoms. The lowest BCUT2D eigenvalue weighted by molar-refractivity contribution is 0.233. The van der Waals surface area contributed by atoms with Crippen molar-refractivity contribution in [1.29, 1.82) is 5.26 Å². The lowest BCUT2D eigenvalue weighted by atomic mass is 10.1. The SMILES string of the molecule is CN(C)Cc1cc(C#N)cc(CN2CCNCC2)c1. The van der Waals surface area contributed by atoms with Crippen LogP contribution in [0.3, 0.4) is 0 Å². The third-order valence-corrected chi connectivity index (χ3v) is 3.30. The second kappa shape index (κ2) is 6.67. The average molecular weight is 258 g/mol. The van der Waals surface area contributed by atoms with Crippen LogP contribution in [0.4, 0.5) is 0 Å². The number of nitriles is 1. The minimum absolute atomic E-state index is 0.768. The van der Waals surface area contributed by atoms with Gasteiger partial charge in [-0.2, -0.15) is 5.26 Å². The van der Waals surface area contributed by atoms with E-state index in [1.165, 1.54) is 11.1 Å². The van der Waals surface area contributed by atoms with Gasteiger partial charge in [0.1, 0.15) is 0 Å². The Morgan fingerprint density at radius 3 is 2.53 bits per heavy atom. The van der Waals surface area contributed by atoms with E-state index in [1.54, 1.807) is 0 Å². The fourth-order valence-electron chi connectivity index (χ4n) is 2.50. The Labute approximate surface area is 115 Å². The van der Waals surface area contributed by atoms with Gasteiger partial charge in [-0.25, -0.2) is 0 Å². The normalized spacial score (nSPS) is 16.5. The lowest BCUT2D eigenvalue weighted by Gasteiger charge is -2.27. The Balaban J connectivity index is 2.12. The Morgan fingerprint density at radius 1 is 1.21 bits per heavy atom. The molecule has 1 heterocycles. The van der Waals surface area contributed by atoms with Crippen molar-refractivity contribution in [3.63, 3.8) is 0 Å². The van der Waals surface area contributed by atoms with Crippen molar-refractivity contribution >= 4 is 0 Å². The number of hydrogen-bond donors (Lipinski definition) is 1. The van der Waals surface area contributed by atoms with Crippen molar-refractivity contribution in [3.05, 3.63) is 34.9 Å². The molecule has 1 aromatic carbocycles. The van der Waals surface area contributed by atoms with Crippen molar-refractivity contribution < 1.29 is 0 Å². The largest absolute Gasteiger partial charge is 0.314 e. The van der Waals surface area contributed by atoms with Crippen LogP contribution in [0.25, 0.3) is 0 Å². The molecular weight excluding hydrogens is 236 g/mol.